The van der Waals surface area contributed by atoms with E-state index < -0.39 is 11.8 Å². The number of aromatic nitrogens is 3. The van der Waals surface area contributed by atoms with Gasteiger partial charge in [-0.25, -0.2) is 9.18 Å². The van der Waals surface area contributed by atoms with Gasteiger partial charge in [0.2, 0.25) is 11.8 Å². The average Bonchev–Trinajstić information content (AvgIpc) is 3.92. The third-order valence-electron chi connectivity index (χ3n) is 11.3. The number of H-pyrrole nitrogens is 1. The number of anilines is 2. The minimum atomic E-state index is -0.466. The molecule has 294 valence electrons. The highest BCUT2D eigenvalue weighted by Gasteiger charge is 2.29. The lowest BCUT2D eigenvalue weighted by Crippen LogP contribution is -2.49. The lowest BCUT2D eigenvalue weighted by molar-refractivity contribution is -0.131. The van der Waals surface area contributed by atoms with Gasteiger partial charge in [-0.05, 0) is 83.8 Å². The summed E-state index contributed by atoms with van der Waals surface area (Å²) in [6.07, 6.45) is 8.47. The number of aryl methyl sites for hydroxylation is 1. The molecule has 2 saturated heterocycles. The molecule has 0 spiro atoms. The van der Waals surface area contributed by atoms with Crippen molar-refractivity contribution in [3.05, 3.63) is 107 Å². The third kappa shape index (κ3) is 7.76. The standard InChI is InChI=1S/C43H44ClFN8O4/c1-49(2)42(56)36-25-34-32(24-33(40(45)41(34)47-36)30-5-3-17-51(26-30)39(55)15-21-52-18-4-16-46-52)29-8-6-27(7-9-29)28-12-19-50(20-13-28)31-10-11-35(44)37(23-31)53-22-14-38(54)48-43(53)57/h4-11,16,18,23-25,28,47H,3,12-15,17,19-22,26H2,1-2H3,(H,48,54,57). The highest BCUT2D eigenvalue weighted by molar-refractivity contribution is 6.34. The molecular weight excluding hydrogens is 747 g/mol. The molecule has 2 aromatic heterocycles. The number of aromatic amines is 1. The topological polar surface area (TPSA) is 127 Å². The maximum atomic E-state index is 16.6. The van der Waals surface area contributed by atoms with Crippen LogP contribution in [0.5, 0.6) is 0 Å². The van der Waals surface area contributed by atoms with Crippen LogP contribution >= 0.6 is 11.6 Å². The van der Waals surface area contributed by atoms with Gasteiger partial charge in [0.05, 0.1) is 16.2 Å². The third-order valence-corrected chi connectivity index (χ3v) is 11.6. The number of hydrogen-bond donors (Lipinski definition) is 2. The molecule has 0 bridgehead atoms. The second-order valence-electron chi connectivity index (χ2n) is 15.1. The van der Waals surface area contributed by atoms with Gasteiger partial charge in [0.25, 0.3) is 5.91 Å². The Hall–Kier alpha value is -5.95. The average molecular weight is 791 g/mol. The van der Waals surface area contributed by atoms with Gasteiger partial charge in [-0.2, -0.15) is 5.10 Å². The number of carbonyl (C=O) groups excluding carboxylic acids is 4. The van der Waals surface area contributed by atoms with Crippen LogP contribution in [0, 0.1) is 5.82 Å². The predicted molar refractivity (Wildman–Crippen MR) is 219 cm³/mol. The molecule has 3 aromatic carbocycles. The van der Waals surface area contributed by atoms with E-state index in [9.17, 15) is 19.2 Å². The number of imide groups is 1. The van der Waals surface area contributed by atoms with Gasteiger partial charge in [0.15, 0.2) is 5.82 Å². The second-order valence-corrected chi connectivity index (χ2v) is 15.5. The number of rotatable bonds is 9. The van der Waals surface area contributed by atoms with Crippen molar-refractivity contribution >= 4 is 63.2 Å². The van der Waals surface area contributed by atoms with E-state index in [4.69, 9.17) is 11.6 Å². The lowest BCUT2D eigenvalue weighted by atomic mass is 9.87. The summed E-state index contributed by atoms with van der Waals surface area (Å²) in [6, 6.07) is 19.0. The Morgan fingerprint density at radius 2 is 1.77 bits per heavy atom. The van der Waals surface area contributed by atoms with Crippen molar-refractivity contribution in [2.24, 2.45) is 0 Å². The van der Waals surface area contributed by atoms with Crippen LogP contribution in [0.3, 0.4) is 0 Å². The summed E-state index contributed by atoms with van der Waals surface area (Å²) in [5.74, 6) is -0.685. The fraction of sp³-hybridized carbons (Fsp3) is 0.326. The summed E-state index contributed by atoms with van der Waals surface area (Å²) in [4.78, 5) is 60.7. The van der Waals surface area contributed by atoms with Gasteiger partial charge in [0, 0.05) is 95.2 Å². The molecule has 3 aliphatic heterocycles. The Bertz CT molecular complexity index is 2380. The molecule has 2 fully saturated rings. The molecule has 12 nitrogen and oxygen atoms in total. The Morgan fingerprint density at radius 3 is 2.49 bits per heavy atom. The number of urea groups is 1. The van der Waals surface area contributed by atoms with Crippen molar-refractivity contribution in [3.63, 3.8) is 0 Å². The fourth-order valence-electron chi connectivity index (χ4n) is 8.15. The first-order valence-corrected chi connectivity index (χ1v) is 19.7. The van der Waals surface area contributed by atoms with Crippen LogP contribution in [0.15, 0.2) is 79.1 Å². The largest absolute Gasteiger partial charge is 0.371 e. The molecule has 5 heterocycles. The summed E-state index contributed by atoms with van der Waals surface area (Å²) in [5, 5.41) is 7.63. The maximum Gasteiger partial charge on any atom is 0.328 e. The normalized spacial score (nSPS) is 16.6. The number of piperidine rings is 1. The smallest absolute Gasteiger partial charge is 0.328 e. The number of fused-ring (bicyclic) bond motifs is 1. The van der Waals surface area contributed by atoms with Gasteiger partial charge >= 0.3 is 6.03 Å². The van der Waals surface area contributed by atoms with Gasteiger partial charge in [-0.15, -0.1) is 0 Å². The first kappa shape index (κ1) is 37.9. The molecule has 0 saturated carbocycles. The molecule has 8 rings (SSSR count). The first-order valence-electron chi connectivity index (χ1n) is 19.3. The Morgan fingerprint density at radius 1 is 0.982 bits per heavy atom. The minimum Gasteiger partial charge on any atom is -0.371 e. The molecule has 14 heteroatoms. The summed E-state index contributed by atoms with van der Waals surface area (Å²) < 4.78 is 18.3. The molecule has 0 atom stereocenters. The molecule has 5 amide bonds. The van der Waals surface area contributed by atoms with Crippen LogP contribution in [0.2, 0.25) is 5.02 Å². The van der Waals surface area contributed by atoms with Crippen molar-refractivity contribution < 1.29 is 23.6 Å². The number of benzene rings is 3. The van der Waals surface area contributed by atoms with E-state index in [1.807, 2.05) is 36.5 Å². The summed E-state index contributed by atoms with van der Waals surface area (Å²) in [5.41, 5.74) is 6.15. The van der Waals surface area contributed by atoms with Crippen LogP contribution in [-0.4, -0.2) is 95.1 Å². The van der Waals surface area contributed by atoms with Crippen LogP contribution in [-0.2, 0) is 16.1 Å². The number of nitrogens with zero attached hydrogens (tertiary/aromatic N) is 6. The van der Waals surface area contributed by atoms with E-state index in [0.717, 1.165) is 48.3 Å². The Kier molecular flexibility index (Phi) is 10.6. The molecular formula is C43H44ClFN8O4. The van der Waals surface area contributed by atoms with Crippen molar-refractivity contribution in [1.82, 2.24) is 29.9 Å². The zero-order valence-electron chi connectivity index (χ0n) is 31.9. The SMILES string of the molecule is CN(C)C(=O)c1cc2c(-c3ccc(C4CCN(c5ccc(Cl)c(N6CCC(=O)NC6=O)c5)CC4)cc3)cc(C3=CCCN(C(=O)CCn4cccn4)C3)c(F)c2[nH]1. The van der Waals surface area contributed by atoms with E-state index in [1.54, 1.807) is 42.0 Å². The Labute approximate surface area is 334 Å². The maximum absolute atomic E-state index is 16.6. The van der Waals surface area contributed by atoms with Gasteiger partial charge < -0.3 is 19.7 Å². The quantitative estimate of drug-likeness (QED) is 0.165. The van der Waals surface area contributed by atoms with Gasteiger partial charge in [0.1, 0.15) is 5.69 Å². The minimum absolute atomic E-state index is 0.0129. The number of amides is 5. The second kappa shape index (κ2) is 15.9. The van der Waals surface area contributed by atoms with Gasteiger partial charge in [-0.1, -0.05) is 41.9 Å². The number of halogens is 2. The van der Waals surface area contributed by atoms with E-state index in [2.05, 4.69) is 44.6 Å². The van der Waals surface area contributed by atoms with Crippen LogP contribution < -0.4 is 15.1 Å². The van der Waals surface area contributed by atoms with Crippen LogP contribution in [0.25, 0.3) is 27.6 Å². The Balaban J connectivity index is 1.02. The predicted octanol–water partition coefficient (Wildman–Crippen LogP) is 7.06. The van der Waals surface area contributed by atoms with Crippen LogP contribution in [0.4, 0.5) is 20.6 Å². The molecule has 0 aliphatic carbocycles. The number of carbonyl (C=O) groups is 4. The highest BCUT2D eigenvalue weighted by Crippen LogP contribution is 2.39. The monoisotopic (exact) mass is 790 g/mol. The number of hydrogen-bond acceptors (Lipinski definition) is 6. The molecule has 57 heavy (non-hydrogen) atoms. The highest BCUT2D eigenvalue weighted by atomic mass is 35.5. The fourth-order valence-corrected chi connectivity index (χ4v) is 8.37. The summed E-state index contributed by atoms with van der Waals surface area (Å²) in [6.45, 7) is 3.22. The molecule has 0 radical (unpaired) electrons. The zero-order valence-corrected chi connectivity index (χ0v) is 32.7. The van der Waals surface area contributed by atoms with E-state index >= 15 is 4.39 Å². The van der Waals surface area contributed by atoms with Crippen molar-refractivity contribution in [2.75, 3.05) is 56.6 Å². The van der Waals surface area contributed by atoms with Crippen molar-refractivity contribution in [1.29, 1.82) is 0 Å². The van der Waals surface area contributed by atoms with Crippen molar-refractivity contribution in [3.8, 4) is 11.1 Å². The number of nitrogens with one attached hydrogen (secondary N) is 2. The zero-order chi connectivity index (χ0) is 39.8. The van der Waals surface area contributed by atoms with E-state index in [1.165, 1.54) is 15.4 Å². The van der Waals surface area contributed by atoms with E-state index in [-0.39, 0.29) is 42.7 Å². The first-order chi connectivity index (χ1) is 27.5. The molecule has 5 aromatic rings. The van der Waals surface area contributed by atoms with E-state index in [0.29, 0.717) is 59.2 Å². The van der Waals surface area contributed by atoms with Gasteiger partial charge in [-0.3, -0.25) is 29.3 Å². The molecule has 0 unspecified atom stereocenters. The molecule has 3 aliphatic rings. The lowest BCUT2D eigenvalue weighted by Gasteiger charge is -2.35. The van der Waals surface area contributed by atoms with Crippen LogP contribution in [0.1, 0.15) is 59.6 Å². The molecule has 2 N–H and O–H groups in total. The summed E-state index contributed by atoms with van der Waals surface area (Å²) in [7, 11) is 3.33. The summed E-state index contributed by atoms with van der Waals surface area (Å²) >= 11 is 6.51. The van der Waals surface area contributed by atoms with Crippen molar-refractivity contribution in [2.45, 2.75) is 44.6 Å².